The Morgan fingerprint density at radius 2 is 1.56 bits per heavy atom. The van der Waals surface area contributed by atoms with Gasteiger partial charge in [-0.2, -0.15) is 26.3 Å². The van der Waals surface area contributed by atoms with Gasteiger partial charge in [0.15, 0.2) is 0 Å². The lowest BCUT2D eigenvalue weighted by atomic mass is 9.80. The van der Waals surface area contributed by atoms with Crippen LogP contribution in [0.15, 0.2) is 48.5 Å². The molecule has 1 aliphatic heterocycles. The fourth-order valence-electron chi connectivity index (χ4n) is 4.10. The minimum Gasteiger partial charge on any atom is -0.339 e. The van der Waals surface area contributed by atoms with Crippen LogP contribution in [0.25, 0.3) is 0 Å². The molecule has 0 bridgehead atoms. The standard InChI is InChI=1S/C23H24F6N2O/c1-14(16-10-17(22(24,25)26)12-18(11-16)23(27,28)29)31(2)21(32)19-8-9-30-13-20(19)15-6-4-3-5-7-15/h3-7,10-12,14,19-20,30H,8-9,13H2,1-2H3/t14-,19-,20-/m0/s1. The molecule has 1 heterocycles. The second-order valence-corrected chi connectivity index (χ2v) is 8.08. The molecule has 3 atom stereocenters. The van der Waals surface area contributed by atoms with E-state index in [1.54, 1.807) is 0 Å². The zero-order valence-corrected chi connectivity index (χ0v) is 17.6. The Labute approximate surface area is 182 Å². The molecule has 9 heteroatoms. The Balaban J connectivity index is 1.91. The SMILES string of the molecule is C[C@@H](c1cc(C(F)(F)F)cc(C(F)(F)F)c1)N(C)C(=O)[C@H]1CCNC[C@H]1c1ccccc1. The number of nitrogens with one attached hydrogen (secondary N) is 1. The molecule has 2 aromatic rings. The summed E-state index contributed by atoms with van der Waals surface area (Å²) in [6.07, 6.45) is -9.36. The first-order valence-electron chi connectivity index (χ1n) is 10.2. The summed E-state index contributed by atoms with van der Waals surface area (Å²) in [5.41, 5.74) is -2.04. The highest BCUT2D eigenvalue weighted by Crippen LogP contribution is 2.39. The molecule has 0 saturated carbocycles. The second kappa shape index (κ2) is 9.13. The molecule has 0 unspecified atom stereocenters. The van der Waals surface area contributed by atoms with Crippen molar-refractivity contribution >= 4 is 5.91 Å². The highest BCUT2D eigenvalue weighted by Gasteiger charge is 2.39. The number of carbonyl (C=O) groups excluding carboxylic acids is 1. The smallest absolute Gasteiger partial charge is 0.339 e. The summed E-state index contributed by atoms with van der Waals surface area (Å²) < 4.78 is 79.4. The monoisotopic (exact) mass is 458 g/mol. The fourth-order valence-corrected chi connectivity index (χ4v) is 4.10. The maximum Gasteiger partial charge on any atom is 0.416 e. The number of nitrogens with zero attached hydrogens (tertiary/aromatic N) is 1. The number of amides is 1. The van der Waals surface area contributed by atoms with Crippen LogP contribution in [0.4, 0.5) is 26.3 Å². The van der Waals surface area contributed by atoms with Crippen molar-refractivity contribution in [1.29, 1.82) is 0 Å². The van der Waals surface area contributed by atoms with E-state index in [2.05, 4.69) is 5.32 Å². The van der Waals surface area contributed by atoms with Gasteiger partial charge in [0, 0.05) is 25.4 Å². The quantitative estimate of drug-likeness (QED) is 0.602. The molecular formula is C23H24F6N2O. The van der Waals surface area contributed by atoms with E-state index < -0.39 is 35.4 Å². The highest BCUT2D eigenvalue weighted by molar-refractivity contribution is 5.80. The third kappa shape index (κ3) is 5.26. The average Bonchev–Trinajstić information content (AvgIpc) is 2.76. The number of hydrogen-bond acceptors (Lipinski definition) is 2. The van der Waals surface area contributed by atoms with Crippen molar-refractivity contribution < 1.29 is 31.1 Å². The van der Waals surface area contributed by atoms with Gasteiger partial charge in [0.1, 0.15) is 0 Å². The van der Waals surface area contributed by atoms with Crippen molar-refractivity contribution in [3.8, 4) is 0 Å². The van der Waals surface area contributed by atoms with Crippen LogP contribution in [0, 0.1) is 5.92 Å². The van der Waals surface area contributed by atoms with Gasteiger partial charge in [-0.1, -0.05) is 30.3 Å². The lowest BCUT2D eigenvalue weighted by Crippen LogP contribution is -2.44. The Bertz CT molecular complexity index is 909. The van der Waals surface area contributed by atoms with Crippen LogP contribution >= 0.6 is 0 Å². The third-order valence-electron chi connectivity index (χ3n) is 6.05. The molecule has 2 aromatic carbocycles. The molecule has 0 radical (unpaired) electrons. The van der Waals surface area contributed by atoms with Crippen molar-refractivity contribution in [2.75, 3.05) is 20.1 Å². The Morgan fingerprint density at radius 1 is 1.00 bits per heavy atom. The number of hydrogen-bond donors (Lipinski definition) is 1. The molecule has 1 aliphatic rings. The molecule has 1 amide bonds. The average molecular weight is 458 g/mol. The summed E-state index contributed by atoms with van der Waals surface area (Å²) in [6.45, 7) is 2.60. The van der Waals surface area contributed by atoms with Gasteiger partial charge in [0.25, 0.3) is 0 Å². The number of piperidine rings is 1. The van der Waals surface area contributed by atoms with Crippen molar-refractivity contribution in [2.45, 2.75) is 37.7 Å². The predicted molar refractivity (Wildman–Crippen MR) is 108 cm³/mol. The predicted octanol–water partition coefficient (Wildman–Crippen LogP) is 5.64. The van der Waals surface area contributed by atoms with Crippen LogP contribution in [-0.4, -0.2) is 30.9 Å². The lowest BCUT2D eigenvalue weighted by Gasteiger charge is -2.36. The molecule has 174 valence electrons. The Hall–Kier alpha value is -2.55. The van der Waals surface area contributed by atoms with Crippen molar-refractivity contribution in [1.82, 2.24) is 10.2 Å². The number of alkyl halides is 6. The molecule has 0 aliphatic carbocycles. The summed E-state index contributed by atoms with van der Waals surface area (Å²) in [4.78, 5) is 14.6. The normalized spacial score (nSPS) is 20.6. The largest absolute Gasteiger partial charge is 0.416 e. The fraction of sp³-hybridized carbons (Fsp3) is 0.435. The summed E-state index contributed by atoms with van der Waals surface area (Å²) in [7, 11) is 1.42. The van der Waals surface area contributed by atoms with Gasteiger partial charge < -0.3 is 10.2 Å². The van der Waals surface area contributed by atoms with Gasteiger partial charge in [0.05, 0.1) is 17.2 Å². The van der Waals surface area contributed by atoms with Gasteiger partial charge in [-0.05, 0) is 49.2 Å². The number of halogens is 6. The van der Waals surface area contributed by atoms with Crippen molar-refractivity contribution in [2.24, 2.45) is 5.92 Å². The second-order valence-electron chi connectivity index (χ2n) is 8.08. The van der Waals surface area contributed by atoms with Crippen LogP contribution in [0.5, 0.6) is 0 Å². The topological polar surface area (TPSA) is 32.3 Å². The number of rotatable bonds is 4. The molecular weight excluding hydrogens is 434 g/mol. The maximum absolute atomic E-state index is 13.3. The van der Waals surface area contributed by atoms with Gasteiger partial charge in [-0.3, -0.25) is 4.79 Å². The molecule has 32 heavy (non-hydrogen) atoms. The number of carbonyl (C=O) groups is 1. The molecule has 1 fully saturated rings. The van der Waals surface area contributed by atoms with Gasteiger partial charge in [-0.15, -0.1) is 0 Å². The van der Waals surface area contributed by atoms with E-state index in [4.69, 9.17) is 0 Å². The van der Waals surface area contributed by atoms with E-state index in [0.29, 0.717) is 31.6 Å². The first-order valence-corrected chi connectivity index (χ1v) is 10.2. The molecule has 0 spiro atoms. The van der Waals surface area contributed by atoms with Crippen LogP contribution in [0.1, 0.15) is 47.6 Å². The zero-order chi connectivity index (χ0) is 23.7. The molecule has 3 rings (SSSR count). The summed E-state index contributed by atoms with van der Waals surface area (Å²) in [5, 5.41) is 3.25. The molecule has 3 nitrogen and oxygen atoms in total. The summed E-state index contributed by atoms with van der Waals surface area (Å²) >= 11 is 0. The van der Waals surface area contributed by atoms with E-state index in [1.807, 2.05) is 30.3 Å². The molecule has 0 aromatic heterocycles. The van der Waals surface area contributed by atoms with Crippen molar-refractivity contribution in [3.63, 3.8) is 0 Å². The first kappa shape index (κ1) is 24.1. The van der Waals surface area contributed by atoms with E-state index in [1.165, 1.54) is 18.9 Å². The van der Waals surface area contributed by atoms with E-state index in [0.717, 1.165) is 5.56 Å². The molecule has 1 N–H and O–H groups in total. The van der Waals surface area contributed by atoms with E-state index >= 15 is 0 Å². The Kier molecular flexibility index (Phi) is 6.88. The van der Waals surface area contributed by atoms with E-state index in [9.17, 15) is 31.1 Å². The summed E-state index contributed by atoms with van der Waals surface area (Å²) in [6, 6.07) is 9.87. The molecule has 1 saturated heterocycles. The van der Waals surface area contributed by atoms with E-state index in [-0.39, 0.29) is 23.5 Å². The first-order chi connectivity index (χ1) is 14.9. The lowest BCUT2D eigenvalue weighted by molar-refractivity contribution is -0.143. The number of benzene rings is 2. The van der Waals surface area contributed by atoms with Crippen LogP contribution in [0.3, 0.4) is 0 Å². The van der Waals surface area contributed by atoms with Gasteiger partial charge >= 0.3 is 12.4 Å². The van der Waals surface area contributed by atoms with Gasteiger partial charge in [-0.25, -0.2) is 0 Å². The Morgan fingerprint density at radius 3 is 2.09 bits per heavy atom. The van der Waals surface area contributed by atoms with Crippen LogP contribution < -0.4 is 5.32 Å². The van der Waals surface area contributed by atoms with Crippen LogP contribution in [-0.2, 0) is 17.1 Å². The zero-order valence-electron chi connectivity index (χ0n) is 17.6. The highest BCUT2D eigenvalue weighted by atomic mass is 19.4. The minimum atomic E-state index is -4.94. The summed E-state index contributed by atoms with van der Waals surface area (Å²) in [5.74, 6) is -0.878. The van der Waals surface area contributed by atoms with Gasteiger partial charge in [0.2, 0.25) is 5.91 Å². The van der Waals surface area contributed by atoms with Crippen molar-refractivity contribution in [3.05, 3.63) is 70.8 Å². The minimum absolute atomic E-state index is 0.0935. The van der Waals surface area contributed by atoms with Crippen LogP contribution in [0.2, 0.25) is 0 Å². The third-order valence-corrected chi connectivity index (χ3v) is 6.05. The maximum atomic E-state index is 13.3.